The van der Waals surface area contributed by atoms with Crippen molar-refractivity contribution in [3.8, 4) is 0 Å². The molecule has 0 saturated carbocycles. The Kier molecular flexibility index (Phi) is 9.14. The molecule has 9 heteroatoms. The largest absolute Gasteiger partial charge is 0.464 e. The summed E-state index contributed by atoms with van der Waals surface area (Å²) in [4.78, 5) is 33.2. The molecule has 3 aromatic rings. The van der Waals surface area contributed by atoms with E-state index in [1.54, 1.807) is 17.9 Å². The standard InChI is InChI=1S/C28H37N5O4/c1-4-12-32-13-10-21(11-14-32)30-22-18-23-25(31-24(34)17-20-8-6-5-7-9-20)26(28(35)37-3)33(15-16-36-2)27(23)29-19-22/h5-9,18-19,21,30H,4,10-17H2,1-3H3,(H,31,34). The first kappa shape index (κ1) is 26.6. The van der Waals surface area contributed by atoms with Crippen molar-refractivity contribution in [2.24, 2.45) is 0 Å². The number of esters is 1. The van der Waals surface area contributed by atoms with Crippen molar-refractivity contribution in [3.05, 3.63) is 53.9 Å². The van der Waals surface area contributed by atoms with Crippen LogP contribution in [0.25, 0.3) is 11.0 Å². The Labute approximate surface area is 218 Å². The SMILES string of the molecule is CCCN1CCC(Nc2cnc3c(c2)c(NC(=O)Cc2ccccc2)c(C(=O)OC)n3CCOC)CC1. The van der Waals surface area contributed by atoms with Gasteiger partial charge in [0.1, 0.15) is 5.65 Å². The minimum Gasteiger partial charge on any atom is -0.464 e. The number of aromatic nitrogens is 2. The van der Waals surface area contributed by atoms with Crippen LogP contribution in [0.1, 0.15) is 42.2 Å². The molecule has 0 spiro atoms. The van der Waals surface area contributed by atoms with Gasteiger partial charge in [0.2, 0.25) is 5.91 Å². The van der Waals surface area contributed by atoms with Crippen LogP contribution in [0.5, 0.6) is 0 Å². The highest BCUT2D eigenvalue weighted by Gasteiger charge is 2.27. The molecule has 0 unspecified atom stereocenters. The Balaban J connectivity index is 1.66. The molecule has 0 radical (unpaired) electrons. The summed E-state index contributed by atoms with van der Waals surface area (Å²) in [5, 5.41) is 7.29. The lowest BCUT2D eigenvalue weighted by molar-refractivity contribution is -0.115. The zero-order chi connectivity index (χ0) is 26.2. The van der Waals surface area contributed by atoms with Gasteiger partial charge in [0.25, 0.3) is 0 Å². The van der Waals surface area contributed by atoms with Gasteiger partial charge < -0.3 is 29.6 Å². The molecule has 3 heterocycles. The van der Waals surface area contributed by atoms with Gasteiger partial charge in [-0.15, -0.1) is 0 Å². The molecule has 1 aliphatic heterocycles. The molecule has 2 N–H and O–H groups in total. The number of carbonyl (C=O) groups is 2. The van der Waals surface area contributed by atoms with Crippen LogP contribution in [0.4, 0.5) is 11.4 Å². The Bertz CT molecular complexity index is 1200. The average Bonchev–Trinajstić information content (AvgIpc) is 3.21. The van der Waals surface area contributed by atoms with Crippen molar-refractivity contribution in [2.45, 2.75) is 45.2 Å². The molecule has 1 fully saturated rings. The quantitative estimate of drug-likeness (QED) is 0.380. The van der Waals surface area contributed by atoms with E-state index in [4.69, 9.17) is 14.5 Å². The van der Waals surface area contributed by atoms with Gasteiger partial charge in [0, 0.05) is 38.2 Å². The highest BCUT2D eigenvalue weighted by Crippen LogP contribution is 2.33. The smallest absolute Gasteiger partial charge is 0.356 e. The number of piperidine rings is 1. The zero-order valence-corrected chi connectivity index (χ0v) is 22.0. The number of hydrogen-bond donors (Lipinski definition) is 2. The van der Waals surface area contributed by atoms with E-state index in [9.17, 15) is 9.59 Å². The predicted molar refractivity (Wildman–Crippen MR) is 145 cm³/mol. The summed E-state index contributed by atoms with van der Waals surface area (Å²) < 4.78 is 12.1. The predicted octanol–water partition coefficient (Wildman–Crippen LogP) is 3.94. The first-order chi connectivity index (χ1) is 18.0. The van der Waals surface area contributed by atoms with Crippen LogP contribution in [-0.2, 0) is 27.2 Å². The molecule has 198 valence electrons. The fraction of sp³-hybridized carbons (Fsp3) is 0.464. The molecule has 0 atom stereocenters. The third-order valence-corrected chi connectivity index (χ3v) is 6.77. The van der Waals surface area contributed by atoms with Crippen molar-refractivity contribution in [2.75, 3.05) is 51.1 Å². The Morgan fingerprint density at radius 2 is 1.86 bits per heavy atom. The molecular weight excluding hydrogens is 470 g/mol. The van der Waals surface area contributed by atoms with Crippen LogP contribution in [-0.4, -0.2) is 72.8 Å². The first-order valence-electron chi connectivity index (χ1n) is 13.0. The number of benzene rings is 1. The maximum atomic E-state index is 13.1. The van der Waals surface area contributed by atoms with Gasteiger partial charge in [-0.3, -0.25) is 4.79 Å². The van der Waals surface area contributed by atoms with Gasteiger partial charge >= 0.3 is 5.97 Å². The van der Waals surface area contributed by atoms with Crippen LogP contribution in [0.2, 0.25) is 0 Å². The van der Waals surface area contributed by atoms with E-state index in [1.807, 2.05) is 36.4 Å². The van der Waals surface area contributed by atoms with Gasteiger partial charge in [-0.1, -0.05) is 37.3 Å². The molecule has 0 bridgehead atoms. The lowest BCUT2D eigenvalue weighted by atomic mass is 10.0. The summed E-state index contributed by atoms with van der Waals surface area (Å²) in [6, 6.07) is 11.8. The second-order valence-corrected chi connectivity index (χ2v) is 9.43. The second kappa shape index (κ2) is 12.7. The molecule has 4 rings (SSSR count). The van der Waals surface area contributed by atoms with E-state index in [-0.39, 0.29) is 18.0 Å². The summed E-state index contributed by atoms with van der Waals surface area (Å²) in [7, 11) is 2.94. The number of carbonyl (C=O) groups excluding carboxylic acids is 2. The van der Waals surface area contributed by atoms with Crippen LogP contribution in [0.3, 0.4) is 0 Å². The molecule has 1 aliphatic rings. The van der Waals surface area contributed by atoms with Gasteiger partial charge in [-0.05, 0) is 37.4 Å². The van der Waals surface area contributed by atoms with Crippen LogP contribution in [0, 0.1) is 0 Å². The molecule has 1 aromatic carbocycles. The van der Waals surface area contributed by atoms with E-state index in [2.05, 4.69) is 22.5 Å². The number of ether oxygens (including phenoxy) is 2. The summed E-state index contributed by atoms with van der Waals surface area (Å²) in [6.07, 6.45) is 5.26. The number of fused-ring (bicyclic) bond motifs is 1. The normalized spacial score (nSPS) is 14.6. The number of anilines is 2. The Morgan fingerprint density at radius 1 is 1.11 bits per heavy atom. The third-order valence-electron chi connectivity index (χ3n) is 6.77. The maximum Gasteiger partial charge on any atom is 0.356 e. The van der Waals surface area contributed by atoms with Crippen molar-refractivity contribution in [3.63, 3.8) is 0 Å². The summed E-state index contributed by atoms with van der Waals surface area (Å²) in [5.74, 6) is -0.759. The number of likely N-dealkylation sites (tertiary alicyclic amines) is 1. The fourth-order valence-electron chi connectivity index (χ4n) is 4.96. The number of methoxy groups -OCH3 is 2. The maximum absolute atomic E-state index is 13.1. The third kappa shape index (κ3) is 6.47. The van der Waals surface area contributed by atoms with Crippen molar-refractivity contribution < 1.29 is 19.1 Å². The number of nitrogens with one attached hydrogen (secondary N) is 2. The molecule has 9 nitrogen and oxygen atoms in total. The van der Waals surface area contributed by atoms with Crippen molar-refractivity contribution in [1.29, 1.82) is 0 Å². The second-order valence-electron chi connectivity index (χ2n) is 9.43. The summed E-state index contributed by atoms with van der Waals surface area (Å²) in [6.45, 7) is 6.26. The monoisotopic (exact) mass is 507 g/mol. The van der Waals surface area contributed by atoms with Crippen LogP contribution >= 0.6 is 0 Å². The first-order valence-corrected chi connectivity index (χ1v) is 13.0. The topological polar surface area (TPSA) is 97.7 Å². The van der Waals surface area contributed by atoms with Crippen molar-refractivity contribution in [1.82, 2.24) is 14.5 Å². The molecule has 2 aromatic heterocycles. The number of pyridine rings is 1. The molecular formula is C28H37N5O4. The van der Waals surface area contributed by atoms with Gasteiger partial charge in [0.15, 0.2) is 5.69 Å². The minimum atomic E-state index is -0.540. The van der Waals surface area contributed by atoms with Gasteiger partial charge in [0.05, 0.1) is 37.7 Å². The summed E-state index contributed by atoms with van der Waals surface area (Å²) >= 11 is 0. The van der Waals surface area contributed by atoms with E-state index in [0.29, 0.717) is 35.9 Å². The highest BCUT2D eigenvalue weighted by molar-refractivity contribution is 6.11. The van der Waals surface area contributed by atoms with Crippen LogP contribution in [0.15, 0.2) is 42.6 Å². The number of nitrogens with zero attached hydrogens (tertiary/aromatic N) is 3. The van der Waals surface area contributed by atoms with E-state index < -0.39 is 5.97 Å². The molecule has 1 saturated heterocycles. The highest BCUT2D eigenvalue weighted by atomic mass is 16.5. The van der Waals surface area contributed by atoms with E-state index in [0.717, 1.165) is 43.7 Å². The van der Waals surface area contributed by atoms with E-state index >= 15 is 0 Å². The fourth-order valence-corrected chi connectivity index (χ4v) is 4.96. The van der Waals surface area contributed by atoms with Crippen molar-refractivity contribution >= 4 is 34.3 Å². The zero-order valence-electron chi connectivity index (χ0n) is 22.0. The molecule has 0 aliphatic carbocycles. The van der Waals surface area contributed by atoms with Crippen LogP contribution < -0.4 is 10.6 Å². The van der Waals surface area contributed by atoms with Gasteiger partial charge in [-0.2, -0.15) is 0 Å². The number of amides is 1. The number of hydrogen-bond acceptors (Lipinski definition) is 7. The minimum absolute atomic E-state index is 0.188. The van der Waals surface area contributed by atoms with E-state index in [1.165, 1.54) is 13.5 Å². The van der Waals surface area contributed by atoms with Gasteiger partial charge in [-0.25, -0.2) is 9.78 Å². The Morgan fingerprint density at radius 3 is 2.54 bits per heavy atom. The molecule has 37 heavy (non-hydrogen) atoms. The lowest BCUT2D eigenvalue weighted by Gasteiger charge is -2.32. The summed E-state index contributed by atoms with van der Waals surface area (Å²) in [5.41, 5.74) is 3.01. The lowest BCUT2D eigenvalue weighted by Crippen LogP contribution is -2.39. The number of rotatable bonds is 11. The molecule has 1 amide bonds. The Hall–Kier alpha value is -3.43. The average molecular weight is 508 g/mol.